The van der Waals surface area contributed by atoms with Gasteiger partial charge in [0, 0.05) is 47.5 Å². The van der Waals surface area contributed by atoms with Crippen molar-refractivity contribution < 1.29 is 81.4 Å². The Bertz CT molecular complexity index is 1520. The normalized spacial score (nSPS) is 21.3. The molecule has 19 nitrogen and oxygen atoms in total. The van der Waals surface area contributed by atoms with Gasteiger partial charge < -0.3 is 53.6 Å². The van der Waals surface area contributed by atoms with Crippen LogP contribution in [0.4, 0.5) is 4.79 Å². The molecular formula is C35H46N2O17. The summed E-state index contributed by atoms with van der Waals surface area (Å²) >= 11 is 0. The number of nitrogens with one attached hydrogen (secondary N) is 2. The third kappa shape index (κ3) is 13.4. The second kappa shape index (κ2) is 21.2. The van der Waals surface area contributed by atoms with Crippen LogP contribution in [0, 0.1) is 0 Å². The molecule has 8 atom stereocenters. The molecule has 1 aliphatic heterocycles. The van der Waals surface area contributed by atoms with Gasteiger partial charge >= 0.3 is 41.9 Å². The molecule has 19 heteroatoms. The van der Waals surface area contributed by atoms with Gasteiger partial charge in [-0.05, 0) is 5.56 Å². The van der Waals surface area contributed by atoms with Crippen molar-refractivity contribution in [3.8, 4) is 0 Å². The lowest BCUT2D eigenvalue weighted by Gasteiger charge is -2.50. The average molecular weight is 767 g/mol. The summed E-state index contributed by atoms with van der Waals surface area (Å²) in [6, 6.07) is 5.30. The molecule has 3 N–H and O–H groups in total. The van der Waals surface area contributed by atoms with Gasteiger partial charge in [-0.3, -0.25) is 24.0 Å². The molecule has 0 radical (unpaired) electrons. The number of hydrogen-bond donors (Lipinski definition) is 3. The number of hydrogen-bond acceptors (Lipinski definition) is 17. The number of rotatable bonds is 18. The van der Waals surface area contributed by atoms with Crippen molar-refractivity contribution in [2.75, 3.05) is 20.3 Å². The number of amides is 2. The van der Waals surface area contributed by atoms with Gasteiger partial charge in [-0.2, -0.15) is 0 Å². The zero-order valence-corrected chi connectivity index (χ0v) is 30.7. The first-order valence-electron chi connectivity index (χ1n) is 16.5. The van der Waals surface area contributed by atoms with Crippen LogP contribution in [0.15, 0.2) is 43.0 Å². The SMILES string of the molecule is C=CCOC(=O)[C@H](CC(O)[C@]1(C(=O)OC)C[C@H](OC(C)=O)[C@@H](NC(C)=O)[C@H]([C@H](OC(C)=O)[C@@H](COC(C)=O)OC(C)=O)O1)NC(=O)OCc1ccccc1. The van der Waals surface area contributed by atoms with E-state index in [-0.39, 0.29) is 13.2 Å². The Morgan fingerprint density at radius 2 is 1.57 bits per heavy atom. The summed E-state index contributed by atoms with van der Waals surface area (Å²) in [5, 5.41) is 16.7. The summed E-state index contributed by atoms with van der Waals surface area (Å²) in [6.45, 7) is 7.31. The van der Waals surface area contributed by atoms with E-state index in [2.05, 4.69) is 17.2 Å². The van der Waals surface area contributed by atoms with E-state index < -0.39 is 115 Å². The van der Waals surface area contributed by atoms with E-state index in [1.807, 2.05) is 0 Å². The lowest BCUT2D eigenvalue weighted by atomic mass is 9.78. The minimum atomic E-state index is -2.65. The predicted molar refractivity (Wildman–Crippen MR) is 180 cm³/mol. The number of aliphatic hydroxyl groups is 1. The summed E-state index contributed by atoms with van der Waals surface area (Å²) in [4.78, 5) is 101. The van der Waals surface area contributed by atoms with Crippen molar-refractivity contribution in [3.63, 3.8) is 0 Å². The fourth-order valence-electron chi connectivity index (χ4n) is 5.60. The Morgan fingerprint density at radius 1 is 0.926 bits per heavy atom. The van der Waals surface area contributed by atoms with E-state index in [1.165, 1.54) is 6.08 Å². The Balaban J connectivity index is 2.73. The molecule has 0 saturated carbocycles. The van der Waals surface area contributed by atoms with Crippen molar-refractivity contribution in [1.29, 1.82) is 0 Å². The topological polar surface area (TPSA) is 255 Å². The highest BCUT2D eigenvalue weighted by molar-refractivity contribution is 5.83. The summed E-state index contributed by atoms with van der Waals surface area (Å²) in [5.41, 5.74) is -2.04. The van der Waals surface area contributed by atoms with Crippen LogP contribution in [-0.4, -0.2) is 121 Å². The molecule has 1 aromatic rings. The van der Waals surface area contributed by atoms with E-state index in [0.717, 1.165) is 41.7 Å². The van der Waals surface area contributed by atoms with Crippen molar-refractivity contribution >= 4 is 47.8 Å². The number of esters is 6. The Hall–Kier alpha value is -5.56. The highest BCUT2D eigenvalue weighted by Crippen LogP contribution is 2.39. The minimum Gasteiger partial charge on any atom is -0.467 e. The lowest BCUT2D eigenvalue weighted by molar-refractivity contribution is -0.261. The molecule has 0 spiro atoms. The molecule has 1 unspecified atom stereocenters. The molecule has 2 rings (SSSR count). The molecule has 2 amide bonds. The summed E-state index contributed by atoms with van der Waals surface area (Å²) < 4.78 is 43.0. The van der Waals surface area contributed by atoms with E-state index in [0.29, 0.717) is 5.56 Å². The number of benzene rings is 1. The zero-order valence-electron chi connectivity index (χ0n) is 30.7. The first kappa shape index (κ1) is 44.6. The first-order chi connectivity index (χ1) is 25.4. The zero-order chi connectivity index (χ0) is 40.6. The van der Waals surface area contributed by atoms with E-state index in [1.54, 1.807) is 30.3 Å². The van der Waals surface area contributed by atoms with Crippen LogP contribution in [0.5, 0.6) is 0 Å². The van der Waals surface area contributed by atoms with Gasteiger partial charge in [-0.25, -0.2) is 14.4 Å². The standard InChI is InChI=1S/C35H46N2O17/c1-8-14-48-32(44)25(37-34(46)50-17-24-12-10-9-11-13-24)15-28(43)35(33(45)47-7)16-26(51-21(4)40)29(36-19(2)38)31(54-35)30(53-23(6)42)27(52-22(5)41)18-49-20(3)39/h8-13,25-31,43H,1,14-18H2,2-7H3,(H,36,38)(H,37,46)/t25-,26-,27+,28?,29+,30+,31+,35-/m0/s1. The van der Waals surface area contributed by atoms with Crippen molar-refractivity contribution in [1.82, 2.24) is 10.6 Å². The van der Waals surface area contributed by atoms with Gasteiger partial charge in [0.1, 0.15) is 38.1 Å². The van der Waals surface area contributed by atoms with Crippen LogP contribution in [0.1, 0.15) is 53.0 Å². The largest absolute Gasteiger partial charge is 0.467 e. The van der Waals surface area contributed by atoms with Crippen LogP contribution < -0.4 is 10.6 Å². The quantitative estimate of drug-likeness (QED) is 0.103. The van der Waals surface area contributed by atoms with Gasteiger partial charge in [0.05, 0.1) is 19.3 Å². The van der Waals surface area contributed by atoms with Crippen LogP contribution in [-0.2, 0) is 78.1 Å². The Kier molecular flexibility index (Phi) is 17.5. The average Bonchev–Trinajstić information content (AvgIpc) is 3.10. The van der Waals surface area contributed by atoms with Crippen LogP contribution >= 0.6 is 0 Å². The summed E-state index contributed by atoms with van der Waals surface area (Å²) in [5.74, 6) is -6.86. The monoisotopic (exact) mass is 766 g/mol. The highest BCUT2D eigenvalue weighted by Gasteiger charge is 2.61. The Morgan fingerprint density at radius 3 is 2.11 bits per heavy atom. The number of alkyl carbamates (subject to hydrolysis) is 1. The second-order valence-corrected chi connectivity index (χ2v) is 12.0. The van der Waals surface area contributed by atoms with Gasteiger partial charge in [-0.15, -0.1) is 0 Å². The molecule has 1 aromatic carbocycles. The summed E-state index contributed by atoms with van der Waals surface area (Å²) in [6.07, 6.45) is -10.6. The maximum Gasteiger partial charge on any atom is 0.408 e. The second-order valence-electron chi connectivity index (χ2n) is 12.0. The number of carbonyl (C=O) groups excluding carboxylic acids is 8. The minimum absolute atomic E-state index is 0.205. The maximum atomic E-state index is 13.8. The molecule has 0 aliphatic carbocycles. The molecular weight excluding hydrogens is 720 g/mol. The van der Waals surface area contributed by atoms with Gasteiger partial charge in [0.25, 0.3) is 0 Å². The molecule has 298 valence electrons. The molecule has 1 heterocycles. The number of methoxy groups -OCH3 is 1. The van der Waals surface area contributed by atoms with Crippen LogP contribution in [0.25, 0.3) is 0 Å². The third-order valence-electron chi connectivity index (χ3n) is 7.71. The highest BCUT2D eigenvalue weighted by atomic mass is 16.6. The van der Waals surface area contributed by atoms with E-state index >= 15 is 0 Å². The van der Waals surface area contributed by atoms with Crippen molar-refractivity contribution in [2.45, 2.75) is 102 Å². The fraction of sp³-hybridized carbons (Fsp3) is 0.543. The van der Waals surface area contributed by atoms with Crippen molar-refractivity contribution in [3.05, 3.63) is 48.6 Å². The molecule has 54 heavy (non-hydrogen) atoms. The molecule has 0 bridgehead atoms. The van der Waals surface area contributed by atoms with E-state index in [9.17, 15) is 43.5 Å². The molecule has 1 saturated heterocycles. The van der Waals surface area contributed by atoms with Gasteiger partial charge in [0.2, 0.25) is 5.91 Å². The summed E-state index contributed by atoms with van der Waals surface area (Å²) in [7, 11) is 0.927. The number of carbonyl (C=O) groups is 8. The fourth-order valence-corrected chi connectivity index (χ4v) is 5.60. The number of ether oxygens (including phenoxy) is 8. The maximum absolute atomic E-state index is 13.8. The smallest absolute Gasteiger partial charge is 0.408 e. The first-order valence-corrected chi connectivity index (χ1v) is 16.5. The molecule has 1 fully saturated rings. The lowest BCUT2D eigenvalue weighted by Crippen LogP contribution is -2.71. The van der Waals surface area contributed by atoms with Crippen LogP contribution in [0.3, 0.4) is 0 Å². The van der Waals surface area contributed by atoms with Crippen LogP contribution in [0.2, 0.25) is 0 Å². The molecule has 0 aromatic heterocycles. The Labute approximate surface area is 310 Å². The third-order valence-corrected chi connectivity index (χ3v) is 7.71. The molecule has 1 aliphatic rings. The number of aliphatic hydroxyl groups excluding tert-OH is 1. The predicted octanol–water partition coefficient (Wildman–Crippen LogP) is 0.325. The van der Waals surface area contributed by atoms with E-state index in [4.69, 9.17) is 37.9 Å². The van der Waals surface area contributed by atoms with Crippen molar-refractivity contribution in [2.24, 2.45) is 0 Å². The van der Waals surface area contributed by atoms with Gasteiger partial charge in [-0.1, -0.05) is 43.0 Å². The van der Waals surface area contributed by atoms with Gasteiger partial charge in [0.15, 0.2) is 17.8 Å².